The largest absolute Gasteiger partial charge is 0.313 e. The molecule has 0 amide bonds. The molecule has 1 N–H and O–H groups in total. The molecule has 0 saturated carbocycles. The van der Waals surface area contributed by atoms with Crippen LogP contribution < -0.4 is 5.32 Å². The van der Waals surface area contributed by atoms with E-state index in [0.717, 1.165) is 10.0 Å². The summed E-state index contributed by atoms with van der Waals surface area (Å²) in [6.45, 7) is 2.59. The van der Waals surface area contributed by atoms with Crippen LogP contribution in [-0.2, 0) is 16.3 Å². The van der Waals surface area contributed by atoms with Crippen molar-refractivity contribution in [1.29, 1.82) is 0 Å². The minimum atomic E-state index is -3.06. The molecule has 0 saturated heterocycles. The van der Waals surface area contributed by atoms with Crippen molar-refractivity contribution < 1.29 is 12.8 Å². The van der Waals surface area contributed by atoms with Crippen LogP contribution >= 0.6 is 15.9 Å². The molecule has 0 aliphatic carbocycles. The summed E-state index contributed by atoms with van der Waals surface area (Å²) >= 11 is 3.35. The molecule has 0 bridgehead atoms. The maximum Gasteiger partial charge on any atom is 0.148 e. The lowest BCUT2D eigenvalue weighted by atomic mass is 10.1. The van der Waals surface area contributed by atoms with E-state index < -0.39 is 9.84 Å². The van der Waals surface area contributed by atoms with E-state index in [0.29, 0.717) is 13.0 Å². The Labute approximate surface area is 116 Å². The highest BCUT2D eigenvalue weighted by molar-refractivity contribution is 9.10. The molecule has 1 aromatic carbocycles. The monoisotopic (exact) mass is 337 g/mol. The number of rotatable bonds is 6. The Morgan fingerprint density at radius 3 is 2.67 bits per heavy atom. The number of hydrogen-bond donors (Lipinski definition) is 1. The highest BCUT2D eigenvalue weighted by atomic mass is 79.9. The number of sulfone groups is 1. The summed E-state index contributed by atoms with van der Waals surface area (Å²) in [6, 6.07) is 4.22. The van der Waals surface area contributed by atoms with Crippen molar-refractivity contribution in [3.05, 3.63) is 34.1 Å². The Bertz CT molecular complexity index is 505. The second kappa shape index (κ2) is 6.63. The standard InChI is InChI=1S/C12H17BrFNO2S/c1-3-15-11(8-18(2,16)17)7-9-6-10(14)4-5-12(9)13/h4-6,11,15H,3,7-8H2,1-2H3. The molecular weight excluding hydrogens is 321 g/mol. The van der Waals surface area contributed by atoms with E-state index in [1.165, 1.54) is 18.4 Å². The molecule has 1 aromatic rings. The number of halogens is 2. The van der Waals surface area contributed by atoms with Gasteiger partial charge in [-0.05, 0) is 36.7 Å². The van der Waals surface area contributed by atoms with Gasteiger partial charge in [0.05, 0.1) is 5.75 Å². The molecule has 6 heteroatoms. The molecule has 0 fully saturated rings. The van der Waals surface area contributed by atoms with Crippen molar-refractivity contribution in [2.75, 3.05) is 18.6 Å². The van der Waals surface area contributed by atoms with Crippen molar-refractivity contribution in [3.63, 3.8) is 0 Å². The lowest BCUT2D eigenvalue weighted by molar-refractivity contribution is 0.542. The predicted octanol–water partition coefficient (Wildman–Crippen LogP) is 2.15. The maximum absolute atomic E-state index is 13.2. The maximum atomic E-state index is 13.2. The topological polar surface area (TPSA) is 46.2 Å². The summed E-state index contributed by atoms with van der Waals surface area (Å²) in [5.41, 5.74) is 0.768. The summed E-state index contributed by atoms with van der Waals surface area (Å²) in [4.78, 5) is 0. The van der Waals surface area contributed by atoms with Crippen LogP contribution in [0, 0.1) is 5.82 Å². The van der Waals surface area contributed by atoms with E-state index in [1.54, 1.807) is 6.07 Å². The first-order valence-corrected chi connectivity index (χ1v) is 8.52. The first-order chi connectivity index (χ1) is 8.31. The van der Waals surface area contributed by atoms with Gasteiger partial charge < -0.3 is 5.32 Å². The molecule has 0 aliphatic heterocycles. The van der Waals surface area contributed by atoms with Crippen LogP contribution in [-0.4, -0.2) is 33.0 Å². The number of nitrogens with one attached hydrogen (secondary N) is 1. The van der Waals surface area contributed by atoms with Gasteiger partial charge in [-0.15, -0.1) is 0 Å². The zero-order chi connectivity index (χ0) is 13.8. The smallest absolute Gasteiger partial charge is 0.148 e. The Morgan fingerprint density at radius 1 is 1.44 bits per heavy atom. The van der Waals surface area contributed by atoms with Crippen LogP contribution in [0.2, 0.25) is 0 Å². The summed E-state index contributed by atoms with van der Waals surface area (Å²) in [5.74, 6) is -0.271. The van der Waals surface area contributed by atoms with Gasteiger partial charge in [-0.3, -0.25) is 0 Å². The first kappa shape index (κ1) is 15.6. The highest BCUT2D eigenvalue weighted by Crippen LogP contribution is 2.19. The Hall–Kier alpha value is -0.460. The van der Waals surface area contributed by atoms with Gasteiger partial charge >= 0.3 is 0 Å². The molecule has 0 aliphatic rings. The lowest BCUT2D eigenvalue weighted by Gasteiger charge is -2.17. The number of likely N-dealkylation sites (N-methyl/N-ethyl adjacent to an activating group) is 1. The van der Waals surface area contributed by atoms with Gasteiger partial charge in [0.1, 0.15) is 15.7 Å². The molecule has 1 unspecified atom stereocenters. The van der Waals surface area contributed by atoms with Crippen LogP contribution in [0.1, 0.15) is 12.5 Å². The fourth-order valence-electron chi connectivity index (χ4n) is 1.81. The molecule has 1 atom stereocenters. The van der Waals surface area contributed by atoms with Crippen LogP contribution in [0.3, 0.4) is 0 Å². The van der Waals surface area contributed by atoms with E-state index in [1.807, 2.05) is 6.92 Å². The molecule has 102 valence electrons. The molecule has 0 spiro atoms. The SMILES string of the molecule is CCNC(Cc1cc(F)ccc1Br)CS(C)(=O)=O. The van der Waals surface area contributed by atoms with Crippen LogP contribution in [0.4, 0.5) is 4.39 Å². The van der Waals surface area contributed by atoms with Gasteiger partial charge in [0.2, 0.25) is 0 Å². The van der Waals surface area contributed by atoms with Crippen molar-refractivity contribution in [3.8, 4) is 0 Å². The number of hydrogen-bond acceptors (Lipinski definition) is 3. The summed E-state index contributed by atoms with van der Waals surface area (Å²) < 4.78 is 36.6. The molecule has 0 radical (unpaired) electrons. The molecule has 0 heterocycles. The normalized spacial score (nSPS) is 13.6. The van der Waals surface area contributed by atoms with Gasteiger partial charge in [0, 0.05) is 16.8 Å². The molecule has 0 aromatic heterocycles. The van der Waals surface area contributed by atoms with Crippen LogP contribution in [0.5, 0.6) is 0 Å². The third kappa shape index (κ3) is 5.46. The Balaban J connectivity index is 2.85. The lowest BCUT2D eigenvalue weighted by Crippen LogP contribution is -2.37. The fourth-order valence-corrected chi connectivity index (χ4v) is 3.18. The van der Waals surface area contributed by atoms with Gasteiger partial charge in [-0.2, -0.15) is 0 Å². The molecule has 1 rings (SSSR count). The van der Waals surface area contributed by atoms with E-state index in [2.05, 4.69) is 21.2 Å². The van der Waals surface area contributed by atoms with Crippen molar-refractivity contribution in [2.24, 2.45) is 0 Å². The minimum absolute atomic E-state index is 0.0454. The van der Waals surface area contributed by atoms with E-state index >= 15 is 0 Å². The third-order valence-corrected chi connectivity index (χ3v) is 4.25. The van der Waals surface area contributed by atoms with Crippen LogP contribution in [0.25, 0.3) is 0 Å². The van der Waals surface area contributed by atoms with Crippen molar-refractivity contribution >= 4 is 25.8 Å². The first-order valence-electron chi connectivity index (χ1n) is 5.67. The second-order valence-electron chi connectivity index (χ2n) is 4.29. The average Bonchev–Trinajstić information content (AvgIpc) is 2.21. The van der Waals surface area contributed by atoms with Gasteiger partial charge in [0.25, 0.3) is 0 Å². The van der Waals surface area contributed by atoms with E-state index in [9.17, 15) is 12.8 Å². The predicted molar refractivity (Wildman–Crippen MR) is 75.0 cm³/mol. The summed E-state index contributed by atoms with van der Waals surface area (Å²) in [7, 11) is -3.06. The van der Waals surface area contributed by atoms with E-state index in [4.69, 9.17) is 0 Å². The second-order valence-corrected chi connectivity index (χ2v) is 7.33. The summed E-state index contributed by atoms with van der Waals surface area (Å²) in [5, 5.41) is 3.11. The van der Waals surface area contributed by atoms with Crippen molar-refractivity contribution in [2.45, 2.75) is 19.4 Å². The van der Waals surface area contributed by atoms with Gasteiger partial charge in [-0.25, -0.2) is 12.8 Å². The van der Waals surface area contributed by atoms with E-state index in [-0.39, 0.29) is 17.6 Å². The zero-order valence-electron chi connectivity index (χ0n) is 10.4. The van der Waals surface area contributed by atoms with Crippen LogP contribution in [0.15, 0.2) is 22.7 Å². The highest BCUT2D eigenvalue weighted by Gasteiger charge is 2.16. The Kier molecular flexibility index (Phi) is 5.75. The Morgan fingerprint density at radius 2 is 2.11 bits per heavy atom. The summed E-state index contributed by atoms with van der Waals surface area (Å²) in [6.07, 6.45) is 1.68. The van der Waals surface area contributed by atoms with Gasteiger partial charge in [0.15, 0.2) is 0 Å². The zero-order valence-corrected chi connectivity index (χ0v) is 12.8. The molecule has 18 heavy (non-hydrogen) atoms. The fraction of sp³-hybridized carbons (Fsp3) is 0.500. The minimum Gasteiger partial charge on any atom is -0.313 e. The third-order valence-electron chi connectivity index (χ3n) is 2.47. The molecule has 3 nitrogen and oxygen atoms in total. The average molecular weight is 338 g/mol. The number of benzene rings is 1. The van der Waals surface area contributed by atoms with Crippen molar-refractivity contribution in [1.82, 2.24) is 5.32 Å². The van der Waals surface area contributed by atoms with Gasteiger partial charge in [-0.1, -0.05) is 22.9 Å². The molecular formula is C12H17BrFNO2S. The quantitative estimate of drug-likeness (QED) is 0.865.